The van der Waals surface area contributed by atoms with Gasteiger partial charge in [0, 0.05) is 0 Å². The first-order chi connectivity index (χ1) is 13.9. The monoisotopic (exact) mass is 451 g/mol. The Morgan fingerprint density at radius 2 is 1.86 bits per heavy atom. The number of nitrogens with two attached hydrogens (primary N) is 1. The topological polar surface area (TPSA) is 69.4 Å². The third-order valence-electron chi connectivity index (χ3n) is 4.43. The van der Waals surface area contributed by atoms with Crippen LogP contribution in [0.2, 0.25) is 4.71 Å². The van der Waals surface area contributed by atoms with E-state index in [0.717, 1.165) is 22.3 Å². The Morgan fingerprint density at radius 3 is 2.48 bits per heavy atom. The third kappa shape index (κ3) is 6.03. The number of rotatable bonds is 10. The van der Waals surface area contributed by atoms with Crippen LogP contribution in [-0.4, -0.2) is 35.2 Å². The first-order valence-corrected chi connectivity index (χ1v) is 10.6. The number of carbonyl (C=O) groups is 2. The van der Waals surface area contributed by atoms with Crippen LogP contribution >= 0.6 is 0 Å². The summed E-state index contributed by atoms with van der Waals surface area (Å²) in [7, 11) is 0. The summed E-state index contributed by atoms with van der Waals surface area (Å²) in [6.45, 7) is 9.68. The van der Waals surface area contributed by atoms with Crippen LogP contribution < -0.4 is 10.5 Å². The van der Waals surface area contributed by atoms with Crippen LogP contribution in [0.3, 0.4) is 0 Å². The zero-order valence-electron chi connectivity index (χ0n) is 16.7. The van der Waals surface area contributed by atoms with Crippen molar-refractivity contribution in [3.05, 3.63) is 78.4 Å². The van der Waals surface area contributed by atoms with Gasteiger partial charge in [0.2, 0.25) is 0 Å². The van der Waals surface area contributed by atoms with E-state index >= 15 is 0 Å². The molecule has 0 amide bonds. The van der Waals surface area contributed by atoms with Crippen molar-refractivity contribution in [2.24, 2.45) is 5.73 Å². The molecule has 1 atom stereocenters. The molecule has 1 unspecified atom stereocenters. The molecule has 29 heavy (non-hydrogen) atoms. The number of hydrogen-bond donors (Lipinski definition) is 1. The van der Waals surface area contributed by atoms with Gasteiger partial charge in [-0.2, -0.15) is 0 Å². The third-order valence-corrected chi connectivity index (χ3v) is 4.87. The molecule has 0 aliphatic carbocycles. The van der Waals surface area contributed by atoms with E-state index in [9.17, 15) is 9.59 Å². The summed E-state index contributed by atoms with van der Waals surface area (Å²) in [5, 5.41) is 0. The van der Waals surface area contributed by atoms with Gasteiger partial charge in [-0.05, 0) is 0 Å². The Kier molecular flexibility index (Phi) is 8.63. The van der Waals surface area contributed by atoms with E-state index in [-0.39, 0.29) is 16.5 Å². The predicted molar refractivity (Wildman–Crippen MR) is 118 cm³/mol. The number of Topliss-reactive ketones (excluding diaryl/α,β-unsaturated/α-hetero) is 1. The first kappa shape index (κ1) is 22.9. The van der Waals surface area contributed by atoms with Crippen molar-refractivity contribution in [3.63, 3.8) is 0 Å². The number of allylic oxidation sites excluding steroid dienone is 2. The Bertz CT molecular complexity index is 918. The summed E-state index contributed by atoms with van der Waals surface area (Å²) >= 11 is 2.28. The van der Waals surface area contributed by atoms with Gasteiger partial charge in [0.15, 0.2) is 0 Å². The molecular weight excluding hydrogens is 425 g/mol. The summed E-state index contributed by atoms with van der Waals surface area (Å²) in [5.41, 5.74) is 9.81. The molecule has 0 aliphatic heterocycles. The average molecular weight is 451 g/mol. The quantitative estimate of drug-likeness (QED) is 0.193. The average Bonchev–Trinajstić information content (AvgIpc) is 2.69. The molecule has 0 bridgehead atoms. The predicted octanol–water partition coefficient (Wildman–Crippen LogP) is 4.22. The molecule has 0 spiro atoms. The van der Waals surface area contributed by atoms with E-state index in [1.165, 1.54) is 0 Å². The zero-order valence-corrected chi connectivity index (χ0v) is 18.6. The molecule has 4 nitrogen and oxygen atoms in total. The molecule has 0 heterocycles. The fourth-order valence-corrected chi connectivity index (χ4v) is 3.11. The van der Waals surface area contributed by atoms with Gasteiger partial charge in [-0.1, -0.05) is 0 Å². The van der Waals surface area contributed by atoms with Gasteiger partial charge >= 0.3 is 176 Å². The first-order valence-electron chi connectivity index (χ1n) is 9.52. The number of ether oxygens (including phenoxy) is 1. The van der Waals surface area contributed by atoms with E-state index in [1.807, 2.05) is 42.5 Å². The molecule has 0 aromatic heterocycles. The van der Waals surface area contributed by atoms with E-state index in [4.69, 9.17) is 10.5 Å². The molecule has 0 saturated carbocycles. The van der Waals surface area contributed by atoms with Crippen molar-refractivity contribution in [1.29, 1.82) is 0 Å². The van der Waals surface area contributed by atoms with Crippen LogP contribution in [-0.2, 0) is 17.6 Å². The van der Waals surface area contributed by atoms with Crippen molar-refractivity contribution < 1.29 is 14.3 Å². The summed E-state index contributed by atoms with van der Waals surface area (Å²) in [6.07, 6.45) is 5.16. The standard InChI is InChI=1S/C24H26AsNO3/c1-4-6-17-8-11-23(29-24(28)16(3)25)21(14-17)19-9-10-20(22(27)12-13-26)18(15-19)7-5-2/h4-5,8-11,14-16H,1-2,6-7,12-13,26H2,3H3. The van der Waals surface area contributed by atoms with Crippen LogP contribution in [0.25, 0.3) is 11.1 Å². The van der Waals surface area contributed by atoms with E-state index < -0.39 is 0 Å². The molecule has 0 saturated heterocycles. The number of hydrogen-bond acceptors (Lipinski definition) is 4. The maximum atomic E-state index is 12.4. The van der Waals surface area contributed by atoms with Crippen LogP contribution in [0.5, 0.6) is 5.75 Å². The van der Waals surface area contributed by atoms with Crippen LogP contribution in [0.4, 0.5) is 0 Å². The fraction of sp³-hybridized carbons (Fsp3) is 0.250. The van der Waals surface area contributed by atoms with E-state index in [1.54, 1.807) is 13.0 Å². The number of ketones is 1. The van der Waals surface area contributed by atoms with E-state index in [2.05, 4.69) is 30.0 Å². The second kappa shape index (κ2) is 10.9. The fourth-order valence-electron chi connectivity index (χ4n) is 3.00. The zero-order chi connectivity index (χ0) is 21.4. The number of carbonyl (C=O) groups excluding carboxylic acids is 2. The number of benzene rings is 2. The van der Waals surface area contributed by atoms with Crippen molar-refractivity contribution in [3.8, 4) is 16.9 Å². The summed E-state index contributed by atoms with van der Waals surface area (Å²) in [5.74, 6) is 0.190. The molecule has 2 radical (unpaired) electrons. The normalized spacial score (nSPS) is 11.6. The Labute approximate surface area is 181 Å². The van der Waals surface area contributed by atoms with Crippen molar-refractivity contribution in [2.45, 2.75) is 30.9 Å². The van der Waals surface area contributed by atoms with Crippen LogP contribution in [0.1, 0.15) is 34.8 Å². The SMILES string of the molecule is C=CCc1ccc(OC(=O)C(C)[As])c(-c2ccc(C(=O)CCN)c(CC=C)c2)c1. The molecule has 2 aromatic rings. The Hall–Kier alpha value is -2.42. The minimum atomic E-state index is -0.316. The summed E-state index contributed by atoms with van der Waals surface area (Å²) < 4.78 is 5.33. The molecule has 2 N–H and O–H groups in total. The van der Waals surface area contributed by atoms with Gasteiger partial charge in [-0.15, -0.1) is 0 Å². The molecule has 2 rings (SSSR count). The van der Waals surface area contributed by atoms with Gasteiger partial charge in [0.1, 0.15) is 0 Å². The van der Waals surface area contributed by atoms with Crippen LogP contribution in [0, 0.1) is 0 Å². The van der Waals surface area contributed by atoms with Gasteiger partial charge in [-0.25, -0.2) is 0 Å². The van der Waals surface area contributed by atoms with Gasteiger partial charge in [0.25, 0.3) is 0 Å². The van der Waals surface area contributed by atoms with Crippen molar-refractivity contribution in [2.75, 3.05) is 6.54 Å². The molecule has 150 valence electrons. The molecular formula is C24H26AsNO3. The maximum absolute atomic E-state index is 12.4. The van der Waals surface area contributed by atoms with E-state index in [0.29, 0.717) is 37.1 Å². The summed E-state index contributed by atoms with van der Waals surface area (Å²) in [4.78, 5) is 24.6. The molecule has 0 fully saturated rings. The molecule has 0 aliphatic rings. The number of esters is 1. The van der Waals surface area contributed by atoms with Gasteiger partial charge in [-0.3, -0.25) is 0 Å². The second-order valence-corrected chi connectivity index (χ2v) is 8.37. The van der Waals surface area contributed by atoms with Crippen molar-refractivity contribution >= 4 is 28.6 Å². The second-order valence-electron chi connectivity index (χ2n) is 6.75. The molecule has 2 aromatic carbocycles. The van der Waals surface area contributed by atoms with Gasteiger partial charge in [0.05, 0.1) is 0 Å². The Morgan fingerprint density at radius 1 is 1.14 bits per heavy atom. The molecule has 5 heteroatoms. The summed E-state index contributed by atoms with van der Waals surface area (Å²) in [6, 6.07) is 11.4. The minimum absolute atomic E-state index is 0.0144. The van der Waals surface area contributed by atoms with Crippen LogP contribution in [0.15, 0.2) is 61.7 Å². The van der Waals surface area contributed by atoms with Crippen molar-refractivity contribution in [1.82, 2.24) is 0 Å². The van der Waals surface area contributed by atoms with Gasteiger partial charge < -0.3 is 5.73 Å². The Balaban J connectivity index is 2.57.